The van der Waals surface area contributed by atoms with Crippen molar-refractivity contribution in [2.75, 3.05) is 7.05 Å². The van der Waals surface area contributed by atoms with Crippen LogP contribution < -0.4 is 5.32 Å². The monoisotopic (exact) mass is 308 g/mol. The molecular formula is C14H17ClN4O2. The number of nitro groups is 1. The molecule has 0 amide bonds. The van der Waals surface area contributed by atoms with Crippen molar-refractivity contribution in [3.8, 4) is 0 Å². The van der Waals surface area contributed by atoms with Crippen LogP contribution in [0.15, 0.2) is 18.2 Å². The molecule has 0 unspecified atom stereocenters. The van der Waals surface area contributed by atoms with Gasteiger partial charge in [0.25, 0.3) is 5.69 Å². The van der Waals surface area contributed by atoms with Crippen LogP contribution >= 0.6 is 11.6 Å². The molecule has 2 rings (SSSR count). The van der Waals surface area contributed by atoms with Crippen LogP contribution in [-0.4, -0.2) is 21.8 Å². The van der Waals surface area contributed by atoms with Crippen LogP contribution in [0.2, 0.25) is 5.02 Å². The molecule has 21 heavy (non-hydrogen) atoms. The average molecular weight is 309 g/mol. The third-order valence-electron chi connectivity index (χ3n) is 3.44. The molecule has 1 heterocycles. The Morgan fingerprint density at radius 1 is 1.43 bits per heavy atom. The van der Waals surface area contributed by atoms with Gasteiger partial charge in [-0.1, -0.05) is 11.6 Å². The Labute approximate surface area is 127 Å². The third kappa shape index (κ3) is 3.22. The highest BCUT2D eigenvalue weighted by molar-refractivity contribution is 6.30. The van der Waals surface area contributed by atoms with Gasteiger partial charge in [-0.25, -0.2) is 0 Å². The quantitative estimate of drug-likeness (QED) is 0.681. The summed E-state index contributed by atoms with van der Waals surface area (Å²) in [7, 11) is 1.87. The molecule has 0 saturated carbocycles. The van der Waals surface area contributed by atoms with E-state index in [2.05, 4.69) is 10.4 Å². The van der Waals surface area contributed by atoms with Gasteiger partial charge < -0.3 is 5.32 Å². The molecular weight excluding hydrogens is 292 g/mol. The van der Waals surface area contributed by atoms with Crippen LogP contribution in [0.5, 0.6) is 0 Å². The van der Waals surface area contributed by atoms with Crippen molar-refractivity contribution in [2.24, 2.45) is 0 Å². The lowest BCUT2D eigenvalue weighted by atomic mass is 10.1. The van der Waals surface area contributed by atoms with Crippen LogP contribution in [0, 0.1) is 24.0 Å². The van der Waals surface area contributed by atoms with E-state index in [4.69, 9.17) is 11.6 Å². The second-order valence-electron chi connectivity index (χ2n) is 4.87. The third-order valence-corrected chi connectivity index (χ3v) is 3.68. The molecule has 6 nitrogen and oxygen atoms in total. The summed E-state index contributed by atoms with van der Waals surface area (Å²) in [6.07, 6.45) is 0. The van der Waals surface area contributed by atoms with Gasteiger partial charge >= 0.3 is 0 Å². The molecule has 1 aromatic heterocycles. The van der Waals surface area contributed by atoms with Gasteiger partial charge in [-0.2, -0.15) is 5.10 Å². The zero-order valence-electron chi connectivity index (χ0n) is 12.2. The number of nitrogens with one attached hydrogen (secondary N) is 1. The van der Waals surface area contributed by atoms with Crippen LogP contribution in [-0.2, 0) is 13.1 Å². The standard InChI is InChI=1S/C14H17ClN4O2/c1-9-13(7-16-3)10(2)18(17-9)8-11-6-12(15)4-5-14(11)19(20)21/h4-6,16H,7-8H2,1-3H3. The molecule has 0 bridgehead atoms. The van der Waals surface area contributed by atoms with Gasteiger partial charge in [0.2, 0.25) is 0 Å². The fourth-order valence-electron chi connectivity index (χ4n) is 2.34. The van der Waals surface area contributed by atoms with Gasteiger partial charge in [0.15, 0.2) is 0 Å². The smallest absolute Gasteiger partial charge is 0.274 e. The fourth-order valence-corrected chi connectivity index (χ4v) is 2.54. The maximum Gasteiger partial charge on any atom is 0.274 e. The zero-order valence-corrected chi connectivity index (χ0v) is 12.9. The number of nitrogens with zero attached hydrogens (tertiary/aromatic N) is 3. The minimum Gasteiger partial charge on any atom is -0.316 e. The van der Waals surface area contributed by atoms with E-state index in [0.717, 1.165) is 23.5 Å². The minimum absolute atomic E-state index is 0.0575. The van der Waals surface area contributed by atoms with Crippen molar-refractivity contribution in [1.82, 2.24) is 15.1 Å². The van der Waals surface area contributed by atoms with Crippen molar-refractivity contribution in [3.05, 3.63) is 55.9 Å². The molecule has 2 aromatic rings. The highest BCUT2D eigenvalue weighted by Crippen LogP contribution is 2.24. The molecule has 1 N–H and O–H groups in total. The number of rotatable bonds is 5. The Morgan fingerprint density at radius 2 is 2.14 bits per heavy atom. The van der Waals surface area contributed by atoms with E-state index in [0.29, 0.717) is 17.1 Å². The topological polar surface area (TPSA) is 73.0 Å². The molecule has 0 fully saturated rings. The summed E-state index contributed by atoms with van der Waals surface area (Å²) in [4.78, 5) is 10.7. The molecule has 1 aromatic carbocycles. The van der Waals surface area contributed by atoms with Crippen LogP contribution in [0.4, 0.5) is 5.69 Å². The lowest BCUT2D eigenvalue weighted by molar-refractivity contribution is -0.385. The number of aromatic nitrogens is 2. The molecule has 0 spiro atoms. The summed E-state index contributed by atoms with van der Waals surface area (Å²) >= 11 is 5.95. The number of benzene rings is 1. The second kappa shape index (κ2) is 6.24. The second-order valence-corrected chi connectivity index (χ2v) is 5.30. The van der Waals surface area contributed by atoms with Gasteiger partial charge in [0.05, 0.1) is 22.7 Å². The molecule has 0 aliphatic carbocycles. The fraction of sp³-hybridized carbons (Fsp3) is 0.357. The van der Waals surface area contributed by atoms with Crippen molar-refractivity contribution >= 4 is 17.3 Å². The maximum absolute atomic E-state index is 11.1. The summed E-state index contributed by atoms with van der Waals surface area (Å²) < 4.78 is 1.78. The molecule has 0 atom stereocenters. The van der Waals surface area contributed by atoms with Crippen LogP contribution in [0.1, 0.15) is 22.5 Å². The van der Waals surface area contributed by atoms with E-state index < -0.39 is 4.92 Å². The molecule has 7 heteroatoms. The Balaban J connectivity index is 2.41. The van der Waals surface area contributed by atoms with E-state index >= 15 is 0 Å². The summed E-state index contributed by atoms with van der Waals surface area (Å²) in [5.74, 6) is 0. The Morgan fingerprint density at radius 3 is 2.76 bits per heavy atom. The van der Waals surface area contributed by atoms with E-state index in [-0.39, 0.29) is 5.69 Å². The van der Waals surface area contributed by atoms with Gasteiger partial charge in [0.1, 0.15) is 0 Å². The molecule has 0 aliphatic rings. The highest BCUT2D eigenvalue weighted by Gasteiger charge is 2.17. The normalized spacial score (nSPS) is 10.9. The Kier molecular flexibility index (Phi) is 4.59. The maximum atomic E-state index is 11.1. The van der Waals surface area contributed by atoms with Gasteiger partial charge in [-0.05, 0) is 33.0 Å². The minimum atomic E-state index is -0.397. The number of aryl methyl sites for hydroxylation is 1. The molecule has 112 valence electrons. The van der Waals surface area contributed by atoms with Gasteiger partial charge in [-0.15, -0.1) is 0 Å². The first-order chi connectivity index (χ1) is 9.93. The summed E-state index contributed by atoms with van der Waals surface area (Å²) in [5, 5.41) is 19.1. The SMILES string of the molecule is CNCc1c(C)nn(Cc2cc(Cl)ccc2[N+](=O)[O-])c1C. The molecule has 0 aliphatic heterocycles. The number of hydrogen-bond acceptors (Lipinski definition) is 4. The zero-order chi connectivity index (χ0) is 15.6. The summed E-state index contributed by atoms with van der Waals surface area (Å²) in [6, 6.07) is 4.57. The van der Waals surface area contributed by atoms with Crippen LogP contribution in [0.25, 0.3) is 0 Å². The molecule has 0 saturated heterocycles. The summed E-state index contributed by atoms with van der Waals surface area (Å²) in [6.45, 7) is 4.94. The first-order valence-electron chi connectivity index (χ1n) is 6.54. The first kappa shape index (κ1) is 15.5. The number of hydrogen-bond donors (Lipinski definition) is 1. The lowest BCUT2D eigenvalue weighted by Gasteiger charge is -2.07. The number of nitro benzene ring substituents is 1. The Hall–Kier alpha value is -1.92. The van der Waals surface area contributed by atoms with Crippen molar-refractivity contribution < 1.29 is 4.92 Å². The van der Waals surface area contributed by atoms with E-state index in [9.17, 15) is 10.1 Å². The van der Waals surface area contributed by atoms with Gasteiger partial charge in [0, 0.05) is 28.9 Å². The van der Waals surface area contributed by atoms with E-state index in [1.165, 1.54) is 12.1 Å². The van der Waals surface area contributed by atoms with Crippen molar-refractivity contribution in [2.45, 2.75) is 26.9 Å². The predicted molar refractivity (Wildman–Crippen MR) is 81.7 cm³/mol. The lowest BCUT2D eigenvalue weighted by Crippen LogP contribution is -2.09. The van der Waals surface area contributed by atoms with E-state index in [1.807, 2.05) is 20.9 Å². The van der Waals surface area contributed by atoms with Gasteiger partial charge in [-0.3, -0.25) is 14.8 Å². The Bertz CT molecular complexity index is 682. The van der Waals surface area contributed by atoms with E-state index in [1.54, 1.807) is 10.7 Å². The molecule has 0 radical (unpaired) electrons. The average Bonchev–Trinajstić information content (AvgIpc) is 2.67. The summed E-state index contributed by atoms with van der Waals surface area (Å²) in [5.41, 5.74) is 3.64. The number of halogens is 1. The van der Waals surface area contributed by atoms with Crippen LogP contribution in [0.3, 0.4) is 0 Å². The highest BCUT2D eigenvalue weighted by atomic mass is 35.5. The van der Waals surface area contributed by atoms with Crippen molar-refractivity contribution in [1.29, 1.82) is 0 Å². The predicted octanol–water partition coefficient (Wildman–Crippen LogP) is 2.83. The van der Waals surface area contributed by atoms with Crippen molar-refractivity contribution in [3.63, 3.8) is 0 Å². The largest absolute Gasteiger partial charge is 0.316 e. The first-order valence-corrected chi connectivity index (χ1v) is 6.92.